The number of hydrogen-bond acceptors (Lipinski definition) is 6. The molecule has 2 aromatic rings. The van der Waals surface area contributed by atoms with Gasteiger partial charge < -0.3 is 29.2 Å². The topological polar surface area (TPSA) is 112 Å². The molecular weight excluding hydrogens is 404 g/mol. The molecule has 8 heteroatoms. The second-order valence-electron chi connectivity index (χ2n) is 6.21. The molecule has 0 aliphatic heterocycles. The van der Waals surface area contributed by atoms with Gasteiger partial charge in [0.1, 0.15) is 0 Å². The van der Waals surface area contributed by atoms with Gasteiger partial charge in [0.15, 0.2) is 23.0 Å². The first kappa shape index (κ1) is 23.3. The first-order valence-electron chi connectivity index (χ1n) is 9.36. The van der Waals surface area contributed by atoms with Crippen molar-refractivity contribution in [2.45, 2.75) is 6.42 Å². The van der Waals surface area contributed by atoms with E-state index in [1.165, 1.54) is 26.4 Å². The van der Waals surface area contributed by atoms with E-state index in [0.717, 1.165) is 12.2 Å². The second-order valence-corrected chi connectivity index (χ2v) is 6.21. The van der Waals surface area contributed by atoms with Gasteiger partial charge in [-0.15, -0.1) is 0 Å². The Balaban J connectivity index is 1.88. The van der Waals surface area contributed by atoms with E-state index in [9.17, 15) is 9.59 Å². The van der Waals surface area contributed by atoms with Gasteiger partial charge in [-0.2, -0.15) is 0 Å². The van der Waals surface area contributed by atoms with Gasteiger partial charge in [0.2, 0.25) is 0 Å². The van der Waals surface area contributed by atoms with Crippen LogP contribution in [0.1, 0.15) is 17.5 Å². The molecule has 0 amide bonds. The maximum Gasteiger partial charge on any atom is 0.328 e. The number of rotatable bonds is 12. The SMILES string of the molecule is COc1cc(C=CC(=O)O)ccc1OCCCOc1ccc(C=CC(=O)O)cc1OC. The molecule has 0 aliphatic rings. The highest BCUT2D eigenvalue weighted by Crippen LogP contribution is 2.30. The van der Waals surface area contributed by atoms with Crippen molar-refractivity contribution in [3.05, 3.63) is 59.7 Å². The molecule has 2 N–H and O–H groups in total. The van der Waals surface area contributed by atoms with Crippen molar-refractivity contribution >= 4 is 24.1 Å². The van der Waals surface area contributed by atoms with Gasteiger partial charge in [-0.05, 0) is 47.5 Å². The van der Waals surface area contributed by atoms with Gasteiger partial charge in [0, 0.05) is 18.6 Å². The molecule has 0 radical (unpaired) electrons. The summed E-state index contributed by atoms with van der Waals surface area (Å²) in [7, 11) is 3.02. The smallest absolute Gasteiger partial charge is 0.328 e. The number of carboxylic acids is 2. The molecule has 0 aliphatic carbocycles. The van der Waals surface area contributed by atoms with Crippen molar-refractivity contribution in [1.29, 1.82) is 0 Å². The lowest BCUT2D eigenvalue weighted by atomic mass is 10.2. The van der Waals surface area contributed by atoms with Crippen LogP contribution in [0.3, 0.4) is 0 Å². The van der Waals surface area contributed by atoms with Gasteiger partial charge in [0.25, 0.3) is 0 Å². The average Bonchev–Trinajstić information content (AvgIpc) is 2.76. The van der Waals surface area contributed by atoms with Crippen LogP contribution in [0.2, 0.25) is 0 Å². The summed E-state index contributed by atoms with van der Waals surface area (Å²) in [5.74, 6) is 0.0362. The number of aliphatic carboxylic acids is 2. The Kier molecular flexibility index (Phi) is 8.97. The van der Waals surface area contributed by atoms with Crippen LogP contribution < -0.4 is 18.9 Å². The number of carbonyl (C=O) groups is 2. The van der Waals surface area contributed by atoms with Gasteiger partial charge in [0.05, 0.1) is 27.4 Å². The Hall–Kier alpha value is -3.94. The molecule has 2 aromatic carbocycles. The Morgan fingerprint density at radius 1 is 0.742 bits per heavy atom. The van der Waals surface area contributed by atoms with Crippen LogP contribution >= 0.6 is 0 Å². The Morgan fingerprint density at radius 2 is 1.16 bits per heavy atom. The van der Waals surface area contributed by atoms with E-state index in [1.54, 1.807) is 36.4 Å². The van der Waals surface area contributed by atoms with E-state index in [-0.39, 0.29) is 0 Å². The van der Waals surface area contributed by atoms with Crippen LogP contribution in [0, 0.1) is 0 Å². The van der Waals surface area contributed by atoms with Gasteiger partial charge in [-0.1, -0.05) is 12.1 Å². The normalized spacial score (nSPS) is 10.9. The van der Waals surface area contributed by atoms with Crippen LogP contribution in [-0.4, -0.2) is 49.6 Å². The lowest BCUT2D eigenvalue weighted by molar-refractivity contribution is -0.132. The molecular formula is C23H24O8. The molecule has 31 heavy (non-hydrogen) atoms. The zero-order chi connectivity index (χ0) is 22.6. The highest BCUT2D eigenvalue weighted by atomic mass is 16.5. The van der Waals surface area contributed by atoms with Crippen molar-refractivity contribution < 1.29 is 38.7 Å². The van der Waals surface area contributed by atoms with E-state index in [1.807, 2.05) is 0 Å². The van der Waals surface area contributed by atoms with Crippen LogP contribution in [0.25, 0.3) is 12.2 Å². The van der Waals surface area contributed by atoms with Crippen LogP contribution in [0.15, 0.2) is 48.6 Å². The molecule has 0 unspecified atom stereocenters. The van der Waals surface area contributed by atoms with Gasteiger partial charge in [-0.25, -0.2) is 9.59 Å². The number of ether oxygens (including phenoxy) is 4. The van der Waals surface area contributed by atoms with E-state index in [0.29, 0.717) is 53.8 Å². The van der Waals surface area contributed by atoms with Crippen LogP contribution in [-0.2, 0) is 9.59 Å². The fraction of sp³-hybridized carbons (Fsp3) is 0.217. The molecule has 0 saturated carbocycles. The van der Waals surface area contributed by atoms with Crippen molar-refractivity contribution in [3.63, 3.8) is 0 Å². The standard InChI is InChI=1S/C23H24O8/c1-28-20-14-16(6-10-22(24)25)4-8-18(20)30-12-3-13-31-19-9-5-17(7-11-23(26)27)15-21(19)29-2/h4-11,14-15H,3,12-13H2,1-2H3,(H,24,25)(H,26,27). The zero-order valence-electron chi connectivity index (χ0n) is 17.2. The summed E-state index contributed by atoms with van der Waals surface area (Å²) in [6.45, 7) is 0.755. The van der Waals surface area contributed by atoms with E-state index in [2.05, 4.69) is 0 Å². The largest absolute Gasteiger partial charge is 0.493 e. The van der Waals surface area contributed by atoms with Crippen LogP contribution in [0.4, 0.5) is 0 Å². The first-order valence-corrected chi connectivity index (χ1v) is 9.36. The van der Waals surface area contributed by atoms with Crippen LogP contribution in [0.5, 0.6) is 23.0 Å². The van der Waals surface area contributed by atoms with Crippen molar-refractivity contribution in [3.8, 4) is 23.0 Å². The Morgan fingerprint density at radius 3 is 1.52 bits per heavy atom. The quantitative estimate of drug-likeness (QED) is 0.388. The lowest BCUT2D eigenvalue weighted by Gasteiger charge is -2.13. The molecule has 0 atom stereocenters. The minimum Gasteiger partial charge on any atom is -0.493 e. The average molecular weight is 428 g/mol. The molecule has 0 bridgehead atoms. The highest BCUT2D eigenvalue weighted by Gasteiger charge is 2.07. The molecule has 2 rings (SSSR count). The molecule has 164 valence electrons. The van der Waals surface area contributed by atoms with Crippen molar-refractivity contribution in [2.24, 2.45) is 0 Å². The highest BCUT2D eigenvalue weighted by molar-refractivity contribution is 5.86. The summed E-state index contributed by atoms with van der Waals surface area (Å²) >= 11 is 0. The zero-order valence-corrected chi connectivity index (χ0v) is 17.2. The third kappa shape index (κ3) is 7.77. The fourth-order valence-electron chi connectivity index (χ4n) is 2.57. The molecule has 0 heterocycles. The molecule has 0 spiro atoms. The Labute approximate surface area is 179 Å². The third-order valence-electron chi connectivity index (χ3n) is 4.02. The minimum atomic E-state index is -1.03. The van der Waals surface area contributed by atoms with E-state index >= 15 is 0 Å². The van der Waals surface area contributed by atoms with Gasteiger partial charge in [-0.3, -0.25) is 0 Å². The minimum absolute atomic E-state index is 0.377. The number of carboxylic acid groups (broad SMARTS) is 2. The summed E-state index contributed by atoms with van der Waals surface area (Å²) in [4.78, 5) is 21.2. The number of methoxy groups -OCH3 is 2. The molecule has 0 aromatic heterocycles. The van der Waals surface area contributed by atoms with Crippen molar-refractivity contribution in [2.75, 3.05) is 27.4 Å². The summed E-state index contributed by atoms with van der Waals surface area (Å²) in [5, 5.41) is 17.4. The van der Waals surface area contributed by atoms with E-state index in [4.69, 9.17) is 29.2 Å². The van der Waals surface area contributed by atoms with Crippen molar-refractivity contribution in [1.82, 2.24) is 0 Å². The summed E-state index contributed by atoms with van der Waals surface area (Å²) < 4.78 is 22.1. The summed E-state index contributed by atoms with van der Waals surface area (Å²) in [6, 6.07) is 10.3. The fourth-order valence-corrected chi connectivity index (χ4v) is 2.57. The predicted molar refractivity (Wildman–Crippen MR) is 115 cm³/mol. The third-order valence-corrected chi connectivity index (χ3v) is 4.02. The number of hydrogen-bond donors (Lipinski definition) is 2. The van der Waals surface area contributed by atoms with E-state index < -0.39 is 11.9 Å². The lowest BCUT2D eigenvalue weighted by Crippen LogP contribution is -2.06. The predicted octanol–water partition coefficient (Wildman–Crippen LogP) is 3.75. The number of benzene rings is 2. The molecule has 0 fully saturated rings. The van der Waals surface area contributed by atoms with Gasteiger partial charge >= 0.3 is 11.9 Å². The molecule has 8 nitrogen and oxygen atoms in total. The maximum absolute atomic E-state index is 10.6. The molecule has 0 saturated heterocycles. The monoisotopic (exact) mass is 428 g/mol. The Bertz CT molecular complexity index is 885. The second kappa shape index (κ2) is 11.9. The summed E-state index contributed by atoms with van der Waals surface area (Å²) in [5.41, 5.74) is 1.37. The maximum atomic E-state index is 10.6. The first-order chi connectivity index (χ1) is 14.9. The summed E-state index contributed by atoms with van der Waals surface area (Å²) in [6.07, 6.45) is 5.64.